The molecule has 2 nitrogen and oxygen atoms in total. The number of hydrogen-bond acceptors (Lipinski definition) is 3. The number of likely N-dealkylation sites (N-methyl/N-ethyl adjacent to an activating group) is 1. The summed E-state index contributed by atoms with van der Waals surface area (Å²) in [5.74, 6) is 0. The fourth-order valence-electron chi connectivity index (χ4n) is 1.80. The molecule has 1 aromatic heterocycles. The summed E-state index contributed by atoms with van der Waals surface area (Å²) in [5, 5.41) is 7.82. The van der Waals surface area contributed by atoms with Crippen molar-refractivity contribution in [3.8, 4) is 0 Å². The van der Waals surface area contributed by atoms with Crippen molar-refractivity contribution < 1.29 is 4.74 Å². The van der Waals surface area contributed by atoms with E-state index in [9.17, 15) is 0 Å². The number of methoxy groups -OCH3 is 1. The highest BCUT2D eigenvalue weighted by molar-refractivity contribution is 7.07. The molecule has 3 heteroatoms. The first-order chi connectivity index (χ1) is 7.18. The van der Waals surface area contributed by atoms with Gasteiger partial charge in [-0.1, -0.05) is 13.8 Å². The lowest BCUT2D eigenvalue weighted by Gasteiger charge is -2.36. The Morgan fingerprint density at radius 2 is 2.27 bits per heavy atom. The Kier molecular flexibility index (Phi) is 4.77. The van der Waals surface area contributed by atoms with Crippen LogP contribution in [-0.2, 0) is 4.74 Å². The molecule has 0 aliphatic carbocycles. The van der Waals surface area contributed by atoms with Crippen LogP contribution in [0.25, 0.3) is 0 Å². The SMILES string of the molecule is CCNC(c1ccsc1)C(C)(CC)OC. The van der Waals surface area contributed by atoms with E-state index >= 15 is 0 Å². The van der Waals surface area contributed by atoms with E-state index in [4.69, 9.17) is 4.74 Å². The molecule has 15 heavy (non-hydrogen) atoms. The van der Waals surface area contributed by atoms with Gasteiger partial charge in [0, 0.05) is 7.11 Å². The normalized spacial score (nSPS) is 17.3. The molecule has 86 valence electrons. The molecule has 1 heterocycles. The Hall–Kier alpha value is -0.380. The summed E-state index contributed by atoms with van der Waals surface area (Å²) < 4.78 is 5.67. The summed E-state index contributed by atoms with van der Waals surface area (Å²) in [6.45, 7) is 7.42. The molecule has 1 N–H and O–H groups in total. The lowest BCUT2D eigenvalue weighted by Crippen LogP contribution is -2.42. The van der Waals surface area contributed by atoms with Crippen LogP contribution < -0.4 is 5.32 Å². The molecular weight excluding hydrogens is 206 g/mol. The highest BCUT2D eigenvalue weighted by Crippen LogP contribution is 2.32. The second-order valence-electron chi connectivity index (χ2n) is 3.92. The van der Waals surface area contributed by atoms with E-state index in [1.807, 2.05) is 0 Å². The Labute approximate surface area is 96.7 Å². The summed E-state index contributed by atoms with van der Waals surface area (Å²) in [7, 11) is 1.79. The van der Waals surface area contributed by atoms with Gasteiger partial charge in [-0.25, -0.2) is 0 Å². The lowest BCUT2D eigenvalue weighted by molar-refractivity contribution is -0.0294. The predicted molar refractivity (Wildman–Crippen MR) is 66.4 cm³/mol. The van der Waals surface area contributed by atoms with Crippen LogP contribution in [0.3, 0.4) is 0 Å². The minimum atomic E-state index is -0.128. The predicted octanol–water partition coefficient (Wildman–Crippen LogP) is 3.21. The molecular formula is C12H21NOS. The highest BCUT2D eigenvalue weighted by atomic mass is 32.1. The first-order valence-corrected chi connectivity index (χ1v) is 6.42. The molecule has 2 atom stereocenters. The maximum absolute atomic E-state index is 5.67. The van der Waals surface area contributed by atoms with Gasteiger partial charge in [0.15, 0.2) is 0 Å². The van der Waals surface area contributed by atoms with Crippen LogP contribution >= 0.6 is 11.3 Å². The van der Waals surface area contributed by atoms with Crippen molar-refractivity contribution in [3.05, 3.63) is 22.4 Å². The molecule has 0 fully saturated rings. The van der Waals surface area contributed by atoms with Gasteiger partial charge in [0.05, 0.1) is 11.6 Å². The molecule has 0 amide bonds. The second kappa shape index (κ2) is 5.64. The smallest absolute Gasteiger partial charge is 0.0842 e. The zero-order valence-electron chi connectivity index (χ0n) is 10.0. The van der Waals surface area contributed by atoms with Crippen LogP contribution in [0.15, 0.2) is 16.8 Å². The highest BCUT2D eigenvalue weighted by Gasteiger charge is 2.33. The quantitative estimate of drug-likeness (QED) is 0.805. The van der Waals surface area contributed by atoms with Crippen LogP contribution in [0.5, 0.6) is 0 Å². The van der Waals surface area contributed by atoms with E-state index in [0.717, 1.165) is 13.0 Å². The minimum Gasteiger partial charge on any atom is -0.377 e. The third kappa shape index (κ3) is 2.80. The van der Waals surface area contributed by atoms with Gasteiger partial charge >= 0.3 is 0 Å². The Morgan fingerprint density at radius 3 is 2.67 bits per heavy atom. The van der Waals surface area contributed by atoms with E-state index < -0.39 is 0 Å². The fourth-order valence-corrected chi connectivity index (χ4v) is 2.48. The monoisotopic (exact) mass is 227 g/mol. The molecule has 0 saturated carbocycles. The number of ether oxygens (including phenoxy) is 1. The summed E-state index contributed by atoms with van der Waals surface area (Å²) in [5.41, 5.74) is 1.20. The average molecular weight is 227 g/mol. The van der Waals surface area contributed by atoms with Gasteiger partial charge in [0.1, 0.15) is 0 Å². The number of nitrogens with one attached hydrogen (secondary N) is 1. The first-order valence-electron chi connectivity index (χ1n) is 5.48. The first kappa shape index (κ1) is 12.7. The number of hydrogen-bond donors (Lipinski definition) is 1. The van der Waals surface area contributed by atoms with Crippen molar-refractivity contribution in [2.45, 2.75) is 38.8 Å². The van der Waals surface area contributed by atoms with E-state index in [1.165, 1.54) is 5.56 Å². The van der Waals surface area contributed by atoms with Gasteiger partial charge in [-0.2, -0.15) is 11.3 Å². The van der Waals surface area contributed by atoms with Gasteiger partial charge in [-0.15, -0.1) is 0 Å². The van der Waals surface area contributed by atoms with E-state index in [0.29, 0.717) is 0 Å². The van der Waals surface area contributed by atoms with Crippen LogP contribution in [0.2, 0.25) is 0 Å². The van der Waals surface area contributed by atoms with Gasteiger partial charge in [0.2, 0.25) is 0 Å². The number of rotatable bonds is 6. The van der Waals surface area contributed by atoms with Crippen LogP contribution in [0.1, 0.15) is 38.8 Å². The molecule has 0 aliphatic rings. The van der Waals surface area contributed by atoms with E-state index in [2.05, 4.69) is 42.9 Å². The van der Waals surface area contributed by atoms with Crippen molar-refractivity contribution in [1.29, 1.82) is 0 Å². The third-order valence-corrected chi connectivity index (χ3v) is 3.77. The van der Waals surface area contributed by atoms with E-state index in [1.54, 1.807) is 18.4 Å². The zero-order valence-corrected chi connectivity index (χ0v) is 10.9. The maximum atomic E-state index is 5.67. The standard InChI is InChI=1S/C12H21NOS/c1-5-12(3,14-4)11(13-6-2)10-7-8-15-9-10/h7-9,11,13H,5-6H2,1-4H3. The third-order valence-electron chi connectivity index (χ3n) is 3.06. The summed E-state index contributed by atoms with van der Waals surface area (Å²) >= 11 is 1.74. The Balaban J connectivity index is 2.91. The lowest BCUT2D eigenvalue weighted by atomic mass is 9.89. The van der Waals surface area contributed by atoms with Crippen LogP contribution in [0, 0.1) is 0 Å². The summed E-state index contributed by atoms with van der Waals surface area (Å²) in [6, 6.07) is 2.45. The minimum absolute atomic E-state index is 0.128. The molecule has 0 aliphatic heterocycles. The van der Waals surface area contributed by atoms with Crippen molar-refractivity contribution in [2.75, 3.05) is 13.7 Å². The molecule has 0 bridgehead atoms. The average Bonchev–Trinajstić information content (AvgIpc) is 2.78. The maximum Gasteiger partial charge on any atom is 0.0842 e. The molecule has 0 aromatic carbocycles. The number of thiophene rings is 1. The van der Waals surface area contributed by atoms with Crippen molar-refractivity contribution in [2.24, 2.45) is 0 Å². The van der Waals surface area contributed by atoms with Gasteiger partial charge in [-0.3, -0.25) is 0 Å². The molecule has 1 aromatic rings. The van der Waals surface area contributed by atoms with Gasteiger partial charge in [0.25, 0.3) is 0 Å². The Morgan fingerprint density at radius 1 is 1.53 bits per heavy atom. The molecule has 0 spiro atoms. The van der Waals surface area contributed by atoms with Crippen molar-refractivity contribution in [1.82, 2.24) is 5.32 Å². The molecule has 0 radical (unpaired) electrons. The second-order valence-corrected chi connectivity index (χ2v) is 4.70. The zero-order chi connectivity index (χ0) is 11.3. The summed E-state index contributed by atoms with van der Waals surface area (Å²) in [4.78, 5) is 0. The fraction of sp³-hybridized carbons (Fsp3) is 0.667. The molecule has 2 unspecified atom stereocenters. The van der Waals surface area contributed by atoms with Crippen molar-refractivity contribution >= 4 is 11.3 Å². The van der Waals surface area contributed by atoms with E-state index in [-0.39, 0.29) is 11.6 Å². The molecule has 0 saturated heterocycles. The van der Waals surface area contributed by atoms with Crippen molar-refractivity contribution in [3.63, 3.8) is 0 Å². The largest absolute Gasteiger partial charge is 0.377 e. The molecule has 1 rings (SSSR count). The van der Waals surface area contributed by atoms with Gasteiger partial charge < -0.3 is 10.1 Å². The van der Waals surface area contributed by atoms with Crippen LogP contribution in [0.4, 0.5) is 0 Å². The Bertz CT molecular complexity index is 267. The topological polar surface area (TPSA) is 21.3 Å². The summed E-state index contributed by atoms with van der Waals surface area (Å²) in [6.07, 6.45) is 0.997. The van der Waals surface area contributed by atoms with Gasteiger partial charge in [-0.05, 0) is 42.3 Å². The van der Waals surface area contributed by atoms with Crippen LogP contribution in [-0.4, -0.2) is 19.3 Å².